The molecule has 7 rings (SSSR count). The van der Waals surface area contributed by atoms with Crippen LogP contribution in [0.25, 0.3) is 54.9 Å². The van der Waals surface area contributed by atoms with Gasteiger partial charge in [-0.2, -0.15) is 12.1 Å². The average Bonchev–Trinajstić information content (AvgIpc) is 3.66. The van der Waals surface area contributed by atoms with E-state index in [0.717, 1.165) is 0 Å². The summed E-state index contributed by atoms with van der Waals surface area (Å²) in [5.74, 6) is 0.584. The van der Waals surface area contributed by atoms with Crippen LogP contribution in [0.1, 0.15) is 30.9 Å². The van der Waals surface area contributed by atoms with Gasteiger partial charge in [-0.3, -0.25) is 0 Å². The first-order chi connectivity index (χ1) is 20.6. The van der Waals surface area contributed by atoms with E-state index < -0.39 is 0 Å². The molecule has 0 saturated heterocycles. The van der Waals surface area contributed by atoms with Crippen LogP contribution in [0.4, 0.5) is 0 Å². The van der Waals surface area contributed by atoms with Crippen molar-refractivity contribution in [3.63, 3.8) is 0 Å². The zero-order chi connectivity index (χ0) is 29.5. The summed E-state index contributed by atoms with van der Waals surface area (Å²) < 4.78 is 0. The maximum absolute atomic E-state index is 3.06. The van der Waals surface area contributed by atoms with Crippen molar-refractivity contribution in [1.29, 1.82) is 0 Å². The second kappa shape index (κ2) is 19.6. The molecule has 0 bridgehead atoms. The molecule has 2 radical (unpaired) electrons. The van der Waals surface area contributed by atoms with E-state index in [1.807, 2.05) is 0 Å². The number of halogens is 2. The first-order valence-corrected chi connectivity index (χ1v) is 18.6. The third-order valence-electron chi connectivity index (χ3n) is 7.68. The first-order valence-electron chi connectivity index (χ1n) is 14.4. The van der Waals surface area contributed by atoms with Crippen molar-refractivity contribution in [2.24, 2.45) is 0 Å². The molecule has 0 aliphatic rings. The minimum absolute atomic E-state index is 0. The van der Waals surface area contributed by atoms with Gasteiger partial charge in [0, 0.05) is 0 Å². The topological polar surface area (TPSA) is 0 Å². The number of hydrogen-bond acceptors (Lipinski definition) is 0. The summed E-state index contributed by atoms with van der Waals surface area (Å²) in [6.45, 7) is 9.72. The molecule has 0 N–H and O–H groups in total. The molecule has 7 aromatic carbocycles. The van der Waals surface area contributed by atoms with Crippen molar-refractivity contribution in [3.05, 3.63) is 172 Å². The molecule has 7 aromatic rings. The van der Waals surface area contributed by atoms with Gasteiger partial charge in [0.05, 0.1) is 0 Å². The van der Waals surface area contributed by atoms with E-state index >= 15 is 0 Å². The van der Waals surface area contributed by atoms with Gasteiger partial charge < -0.3 is 14.9 Å². The Hall–Kier alpha value is -3.00. The number of aryl methyl sites for hydroxylation is 1. The van der Waals surface area contributed by atoms with Crippen LogP contribution >= 0.6 is 24.8 Å². The van der Waals surface area contributed by atoms with Crippen LogP contribution in [0.2, 0.25) is 0 Å². The van der Waals surface area contributed by atoms with Crippen LogP contribution in [-0.2, 0) is 23.3 Å². The fourth-order valence-electron chi connectivity index (χ4n) is 5.59. The van der Waals surface area contributed by atoms with Gasteiger partial charge in [0.15, 0.2) is 0 Å². The van der Waals surface area contributed by atoms with E-state index in [-0.39, 0.29) is 39.7 Å². The zero-order valence-electron chi connectivity index (χ0n) is 27.3. The number of fused-ring (bicyclic) bond motifs is 2. The van der Waals surface area contributed by atoms with Crippen molar-refractivity contribution < 1.29 is 23.3 Å². The minimum atomic E-state index is 0. The van der Waals surface area contributed by atoms with E-state index in [1.54, 1.807) is 0 Å². The summed E-state index contributed by atoms with van der Waals surface area (Å²) in [4.78, 5) is 0. The fourth-order valence-corrected chi connectivity index (χ4v) is 5.59. The van der Waals surface area contributed by atoms with Gasteiger partial charge in [-0.05, 0) is 22.6 Å². The van der Waals surface area contributed by atoms with E-state index in [0.29, 0.717) is 5.92 Å². The summed E-state index contributed by atoms with van der Waals surface area (Å²) >= 11 is 1.36. The Morgan fingerprint density at radius 2 is 1.00 bits per heavy atom. The van der Waals surface area contributed by atoms with Gasteiger partial charge in [-0.1, -0.05) is 141 Å². The molecule has 0 unspecified atom stereocenters. The Kier molecular flexibility index (Phi) is 17.5. The standard InChI is InChI=1S/C22H17.C18H17.2CH3.2ClH.Si.Zr/c1-16-12-20-14-19(17-8-4-2-5-9-17)15-22(21(20)13-16)18-10-6-3-7-11-18;1-13(2)16-11-15-9-6-10-17(18(15)12-16)14-7-4-3-5-8-14;;;;;;/h2-15H,1H3;3-13H,1-2H3;2*1H3;2*1H;;/q4*-1;;;;. The Balaban J connectivity index is 0.000000409. The monoisotopic (exact) mass is 734 g/mol. The number of rotatable bonds is 4. The van der Waals surface area contributed by atoms with E-state index in [1.165, 1.54) is 89.4 Å². The molecule has 0 aliphatic heterocycles. The summed E-state index contributed by atoms with van der Waals surface area (Å²) in [7, 11) is 0. The summed E-state index contributed by atoms with van der Waals surface area (Å²) in [6.07, 6.45) is 0. The van der Waals surface area contributed by atoms with Crippen LogP contribution in [0.15, 0.2) is 146 Å². The quantitative estimate of drug-likeness (QED) is 0.125. The van der Waals surface area contributed by atoms with Gasteiger partial charge in [-0.25, -0.2) is 0 Å². The molecule has 236 valence electrons. The third-order valence-corrected chi connectivity index (χ3v) is 7.68. The number of benzene rings is 5. The normalized spacial score (nSPS) is 9.72. The second-order valence-electron chi connectivity index (χ2n) is 10.9. The van der Waals surface area contributed by atoms with Crippen LogP contribution < -0.4 is 0 Å². The van der Waals surface area contributed by atoms with Crippen LogP contribution in [0.5, 0.6) is 0 Å². The summed E-state index contributed by atoms with van der Waals surface area (Å²) in [5.41, 5.74) is 10.5. The Morgan fingerprint density at radius 3 is 1.54 bits per heavy atom. The molecule has 0 amide bonds. The summed E-state index contributed by atoms with van der Waals surface area (Å²) in [6, 6.07) is 52.2. The third kappa shape index (κ3) is 9.52. The van der Waals surface area contributed by atoms with Crippen LogP contribution in [0, 0.1) is 21.8 Å². The average molecular weight is 737 g/mol. The van der Waals surface area contributed by atoms with Crippen molar-refractivity contribution in [3.8, 4) is 33.4 Å². The molecule has 0 heterocycles. The van der Waals surface area contributed by atoms with Gasteiger partial charge in [0.1, 0.15) is 0 Å². The van der Waals surface area contributed by atoms with Crippen LogP contribution in [-0.4, -0.2) is 6.88 Å². The van der Waals surface area contributed by atoms with Gasteiger partial charge >= 0.3 is 30.2 Å². The molecule has 0 nitrogen and oxygen atoms in total. The van der Waals surface area contributed by atoms with Crippen molar-refractivity contribution in [2.75, 3.05) is 0 Å². The molecule has 0 saturated carbocycles. The zero-order valence-corrected chi connectivity index (χ0v) is 32.3. The van der Waals surface area contributed by atoms with E-state index in [2.05, 4.69) is 173 Å². The van der Waals surface area contributed by atoms with Gasteiger partial charge in [-0.15, -0.1) is 87.8 Å². The second-order valence-corrected chi connectivity index (χ2v) is 10.9. The maximum atomic E-state index is 3.06. The van der Waals surface area contributed by atoms with Crippen molar-refractivity contribution in [2.45, 2.75) is 26.7 Å². The molecule has 4 heteroatoms. The Labute approximate surface area is 306 Å². The van der Waals surface area contributed by atoms with Crippen LogP contribution in [0.3, 0.4) is 0 Å². The van der Waals surface area contributed by atoms with Gasteiger partial charge in [0.25, 0.3) is 0 Å². The molecule has 0 spiro atoms. The van der Waals surface area contributed by atoms with Gasteiger partial charge in [0.2, 0.25) is 0 Å². The molecule has 0 atom stereocenters. The molecular weight excluding hydrogens is 695 g/mol. The molecular formula is C42H42Cl2SiZr-4. The van der Waals surface area contributed by atoms with Crippen molar-refractivity contribution >= 4 is 53.2 Å². The summed E-state index contributed by atoms with van der Waals surface area (Å²) in [5, 5.41) is 5.37. The fraction of sp³-hybridized carbons (Fsp3) is 0.0952. The predicted molar refractivity (Wildman–Crippen MR) is 207 cm³/mol. The SMILES string of the molecule is CC(C)c1cc2c(-c3ccccc3)cccc2[cH-]1.Cc1cc2c(-c3ccccc3)cc(-c3ccccc3)cc2[cH-]1.Cl.Cl.[CH3-].[CH3-].[Si]=[Zr]. The van der Waals surface area contributed by atoms with E-state index in [9.17, 15) is 0 Å². The van der Waals surface area contributed by atoms with Crippen molar-refractivity contribution in [1.82, 2.24) is 0 Å². The molecule has 0 aliphatic carbocycles. The molecule has 46 heavy (non-hydrogen) atoms. The molecule has 0 aromatic heterocycles. The Morgan fingerprint density at radius 1 is 0.500 bits per heavy atom. The number of hydrogen-bond donors (Lipinski definition) is 0. The predicted octanol–water partition coefficient (Wildman–Crippen LogP) is 12.9. The Bertz CT molecular complexity index is 1890. The molecule has 0 fully saturated rings. The first kappa shape index (κ1) is 41.0. The van der Waals surface area contributed by atoms with E-state index in [4.69, 9.17) is 0 Å².